The molecule has 1 rings (SSSR count). The zero-order chi connectivity index (χ0) is 12.1. The van der Waals surface area contributed by atoms with Crippen LogP contribution in [0.3, 0.4) is 0 Å². The lowest BCUT2D eigenvalue weighted by Gasteiger charge is -2.15. The van der Waals surface area contributed by atoms with Gasteiger partial charge in [0, 0.05) is 31.8 Å². The number of Topliss-reactive ketones (excluding diaryl/α,β-unsaturated/α-hetero) is 1. The lowest BCUT2D eigenvalue weighted by Crippen LogP contribution is -2.29. The van der Waals surface area contributed by atoms with E-state index in [1.807, 2.05) is 0 Å². The molecule has 16 heavy (non-hydrogen) atoms. The maximum Gasteiger partial charge on any atom is 0.194 e. The van der Waals surface area contributed by atoms with Crippen LogP contribution in [0, 0.1) is 0 Å². The molecule has 0 spiro atoms. The Morgan fingerprint density at radius 3 is 2.69 bits per heavy atom. The van der Waals surface area contributed by atoms with Crippen molar-refractivity contribution < 1.29 is 20.1 Å². The number of hydrogen-bond acceptors (Lipinski definition) is 5. The van der Waals surface area contributed by atoms with Crippen LogP contribution in [0.2, 0.25) is 0 Å². The van der Waals surface area contributed by atoms with Gasteiger partial charge in [-0.25, -0.2) is 4.98 Å². The number of aliphatic hydroxyl groups excluding tert-OH is 3. The molecule has 2 unspecified atom stereocenters. The van der Waals surface area contributed by atoms with Gasteiger partial charge in [0.05, 0.1) is 12.2 Å². The average Bonchev–Trinajstić information content (AvgIpc) is 2.66. The van der Waals surface area contributed by atoms with Gasteiger partial charge in [-0.1, -0.05) is 0 Å². The molecule has 0 saturated heterocycles. The lowest BCUT2D eigenvalue weighted by atomic mass is 10.1. The molecular weight excluding hydrogens is 212 g/mol. The van der Waals surface area contributed by atoms with E-state index in [9.17, 15) is 15.0 Å². The SMILES string of the molecule is CC(=O)c1ncc(CC(O)C(O)CCO)[nH]1. The molecule has 0 radical (unpaired) electrons. The number of ketones is 1. The first kappa shape index (κ1) is 12.8. The number of carbonyl (C=O) groups excluding carboxylic acids is 1. The molecule has 1 aromatic rings. The van der Waals surface area contributed by atoms with Crippen LogP contribution >= 0.6 is 0 Å². The molecular formula is C10H16N2O4. The van der Waals surface area contributed by atoms with Crippen molar-refractivity contribution in [3.05, 3.63) is 17.7 Å². The van der Waals surface area contributed by atoms with E-state index < -0.39 is 12.2 Å². The van der Waals surface area contributed by atoms with Crippen molar-refractivity contribution in [2.75, 3.05) is 6.61 Å². The van der Waals surface area contributed by atoms with Gasteiger partial charge in [-0.2, -0.15) is 0 Å². The molecule has 0 fully saturated rings. The van der Waals surface area contributed by atoms with Gasteiger partial charge in [-0.15, -0.1) is 0 Å². The van der Waals surface area contributed by atoms with Gasteiger partial charge in [0.2, 0.25) is 0 Å². The highest BCUT2D eigenvalue weighted by molar-refractivity contribution is 5.90. The number of aromatic amines is 1. The molecule has 0 aliphatic heterocycles. The quantitative estimate of drug-likeness (QED) is 0.480. The van der Waals surface area contributed by atoms with Gasteiger partial charge < -0.3 is 20.3 Å². The van der Waals surface area contributed by atoms with Crippen molar-refractivity contribution in [2.24, 2.45) is 0 Å². The zero-order valence-electron chi connectivity index (χ0n) is 9.05. The topological polar surface area (TPSA) is 106 Å². The van der Waals surface area contributed by atoms with Crippen LogP contribution in [0.25, 0.3) is 0 Å². The standard InChI is InChI=1S/C10H16N2O4/c1-6(14)10-11-5-7(12-10)4-9(16)8(15)2-3-13/h5,8-9,13,15-16H,2-4H2,1H3,(H,11,12). The minimum absolute atomic E-state index is 0.120. The first-order chi connectivity index (χ1) is 7.54. The summed E-state index contributed by atoms with van der Waals surface area (Å²) in [6, 6.07) is 0. The summed E-state index contributed by atoms with van der Waals surface area (Å²) in [5, 5.41) is 27.5. The maximum atomic E-state index is 10.9. The monoisotopic (exact) mass is 228 g/mol. The Labute approximate surface area is 93.0 Å². The van der Waals surface area contributed by atoms with Crippen LogP contribution in [0.15, 0.2) is 6.20 Å². The molecule has 0 aromatic carbocycles. The van der Waals surface area contributed by atoms with Gasteiger partial charge in [0.1, 0.15) is 0 Å². The fourth-order valence-corrected chi connectivity index (χ4v) is 1.33. The summed E-state index contributed by atoms with van der Waals surface area (Å²) in [6.07, 6.45) is -0.219. The second kappa shape index (κ2) is 5.74. The fourth-order valence-electron chi connectivity index (χ4n) is 1.33. The van der Waals surface area contributed by atoms with E-state index in [1.54, 1.807) is 0 Å². The predicted octanol–water partition coefficient (Wildman–Crippen LogP) is -0.741. The zero-order valence-corrected chi connectivity index (χ0v) is 9.05. The van der Waals surface area contributed by atoms with Crippen LogP contribution < -0.4 is 0 Å². The van der Waals surface area contributed by atoms with Crippen LogP contribution in [0.1, 0.15) is 29.7 Å². The van der Waals surface area contributed by atoms with E-state index in [1.165, 1.54) is 13.1 Å². The summed E-state index contributed by atoms with van der Waals surface area (Å²) in [5.41, 5.74) is 0.578. The van der Waals surface area contributed by atoms with Crippen molar-refractivity contribution in [3.63, 3.8) is 0 Å². The van der Waals surface area contributed by atoms with E-state index in [0.29, 0.717) is 5.69 Å². The van der Waals surface area contributed by atoms with Gasteiger partial charge in [0.15, 0.2) is 11.6 Å². The van der Waals surface area contributed by atoms with E-state index >= 15 is 0 Å². The number of aliphatic hydroxyl groups is 3. The summed E-state index contributed by atoms with van der Waals surface area (Å²) in [7, 11) is 0. The Kier molecular flexibility index (Phi) is 4.60. The number of carbonyl (C=O) groups is 1. The third-order valence-corrected chi connectivity index (χ3v) is 2.26. The summed E-state index contributed by atoms with van der Waals surface area (Å²) < 4.78 is 0. The van der Waals surface area contributed by atoms with Gasteiger partial charge in [-0.05, 0) is 6.42 Å². The van der Waals surface area contributed by atoms with Gasteiger partial charge in [-0.3, -0.25) is 4.79 Å². The van der Waals surface area contributed by atoms with Crippen molar-refractivity contribution in [2.45, 2.75) is 32.0 Å². The van der Waals surface area contributed by atoms with Crippen LogP contribution in [0.4, 0.5) is 0 Å². The first-order valence-corrected chi connectivity index (χ1v) is 5.06. The highest BCUT2D eigenvalue weighted by atomic mass is 16.3. The molecule has 6 nitrogen and oxygen atoms in total. The summed E-state index contributed by atoms with van der Waals surface area (Å²) in [6.45, 7) is 1.21. The summed E-state index contributed by atoms with van der Waals surface area (Å²) in [4.78, 5) is 17.5. The number of aromatic nitrogens is 2. The summed E-state index contributed by atoms with van der Waals surface area (Å²) >= 11 is 0. The lowest BCUT2D eigenvalue weighted by molar-refractivity contribution is 0.00555. The van der Waals surface area contributed by atoms with Gasteiger partial charge in [0.25, 0.3) is 0 Å². The minimum atomic E-state index is -0.979. The number of rotatable bonds is 6. The van der Waals surface area contributed by atoms with E-state index in [4.69, 9.17) is 5.11 Å². The molecule has 6 heteroatoms. The maximum absolute atomic E-state index is 10.9. The minimum Gasteiger partial charge on any atom is -0.396 e. The highest BCUT2D eigenvalue weighted by Gasteiger charge is 2.17. The Morgan fingerprint density at radius 1 is 1.50 bits per heavy atom. The second-order valence-corrected chi connectivity index (χ2v) is 3.66. The Morgan fingerprint density at radius 2 is 2.19 bits per heavy atom. The van der Waals surface area contributed by atoms with E-state index in [-0.39, 0.29) is 31.1 Å². The number of nitrogens with one attached hydrogen (secondary N) is 1. The third-order valence-electron chi connectivity index (χ3n) is 2.26. The molecule has 0 bridgehead atoms. The normalized spacial score (nSPS) is 14.8. The van der Waals surface area contributed by atoms with Crippen LogP contribution in [-0.2, 0) is 6.42 Å². The number of H-pyrrole nitrogens is 1. The molecule has 90 valence electrons. The smallest absolute Gasteiger partial charge is 0.194 e. The number of hydrogen-bond donors (Lipinski definition) is 4. The first-order valence-electron chi connectivity index (χ1n) is 5.06. The fraction of sp³-hybridized carbons (Fsp3) is 0.600. The molecule has 2 atom stereocenters. The largest absolute Gasteiger partial charge is 0.396 e. The average molecular weight is 228 g/mol. The molecule has 1 aromatic heterocycles. The Hall–Kier alpha value is -1.24. The van der Waals surface area contributed by atoms with Gasteiger partial charge >= 0.3 is 0 Å². The number of nitrogens with zero attached hydrogens (tertiary/aromatic N) is 1. The molecule has 4 N–H and O–H groups in total. The number of imidazole rings is 1. The molecule has 0 aliphatic carbocycles. The highest BCUT2D eigenvalue weighted by Crippen LogP contribution is 2.07. The van der Waals surface area contributed by atoms with Crippen LogP contribution in [-0.4, -0.2) is 49.9 Å². The Bertz CT molecular complexity index is 350. The van der Waals surface area contributed by atoms with Crippen molar-refractivity contribution in [1.29, 1.82) is 0 Å². The third kappa shape index (κ3) is 3.41. The van der Waals surface area contributed by atoms with Crippen molar-refractivity contribution >= 4 is 5.78 Å². The molecule has 0 aliphatic rings. The van der Waals surface area contributed by atoms with Crippen molar-refractivity contribution in [1.82, 2.24) is 9.97 Å². The van der Waals surface area contributed by atoms with E-state index in [2.05, 4.69) is 9.97 Å². The van der Waals surface area contributed by atoms with Crippen molar-refractivity contribution in [3.8, 4) is 0 Å². The predicted molar refractivity (Wildman–Crippen MR) is 56.0 cm³/mol. The van der Waals surface area contributed by atoms with Crippen LogP contribution in [0.5, 0.6) is 0 Å². The molecule has 0 amide bonds. The molecule has 1 heterocycles. The molecule has 0 saturated carbocycles. The van der Waals surface area contributed by atoms with E-state index in [0.717, 1.165) is 0 Å². The summed E-state index contributed by atoms with van der Waals surface area (Å²) in [5.74, 6) is 0.0514. The Balaban J connectivity index is 2.55. The second-order valence-electron chi connectivity index (χ2n) is 3.66.